The minimum Gasteiger partial charge on any atom is -0.473 e. The topological polar surface area (TPSA) is 106 Å². The number of nitrogens with zero attached hydrogens (tertiary/aromatic N) is 6. The van der Waals surface area contributed by atoms with Crippen LogP contribution in [-0.4, -0.2) is 71.2 Å². The molecule has 38 heavy (non-hydrogen) atoms. The van der Waals surface area contributed by atoms with Crippen molar-refractivity contribution >= 4 is 23.1 Å². The maximum Gasteiger partial charge on any atom is 0.240 e. The summed E-state index contributed by atoms with van der Waals surface area (Å²) in [5, 5.41) is 27.8. The zero-order valence-corrected chi connectivity index (χ0v) is 23.0. The first-order valence-corrected chi connectivity index (χ1v) is 13.2. The predicted octanol–water partition coefficient (Wildman–Crippen LogP) is 4.10. The molecule has 10 heteroatoms. The zero-order chi connectivity index (χ0) is 27.0. The van der Waals surface area contributed by atoms with Gasteiger partial charge < -0.3 is 14.6 Å². The van der Waals surface area contributed by atoms with Crippen LogP contribution in [0.4, 0.5) is 0 Å². The van der Waals surface area contributed by atoms with Gasteiger partial charge in [-0.05, 0) is 64.5 Å². The summed E-state index contributed by atoms with van der Waals surface area (Å²) in [6.07, 6.45) is 5.74. The first-order valence-electron chi connectivity index (χ1n) is 13.2. The molecule has 0 radical (unpaired) electrons. The molecule has 0 amide bonds. The minimum atomic E-state index is -0.107. The largest absolute Gasteiger partial charge is 0.473 e. The minimum absolute atomic E-state index is 0.0177. The number of H-pyrrole nitrogens is 1. The fourth-order valence-electron chi connectivity index (χ4n) is 4.87. The monoisotopic (exact) mass is 519 g/mol. The quantitative estimate of drug-likeness (QED) is 0.409. The summed E-state index contributed by atoms with van der Waals surface area (Å²) in [6.45, 7) is 12.1. The number of ether oxygens (including phenoxy) is 2. The molecule has 1 aliphatic rings. The average molecular weight is 520 g/mol. The molecule has 0 aliphatic carbocycles. The Morgan fingerprint density at radius 3 is 2.76 bits per heavy atom. The van der Waals surface area contributed by atoms with E-state index in [-0.39, 0.29) is 24.9 Å². The highest BCUT2D eigenvalue weighted by molar-refractivity contribution is 5.93. The summed E-state index contributed by atoms with van der Waals surface area (Å²) in [6, 6.07) is 6.46. The number of hydrogen-bond donors (Lipinski definition) is 2. The lowest BCUT2D eigenvalue weighted by Gasteiger charge is -2.30. The molecule has 0 saturated carbocycles. The first-order chi connectivity index (χ1) is 18.2. The Kier molecular flexibility index (Phi) is 7.27. The molecule has 4 aromatic rings. The summed E-state index contributed by atoms with van der Waals surface area (Å²) < 4.78 is 16.3. The van der Waals surface area contributed by atoms with Gasteiger partial charge in [-0.25, -0.2) is 4.68 Å². The van der Waals surface area contributed by atoms with Crippen molar-refractivity contribution in [3.8, 4) is 22.9 Å². The summed E-state index contributed by atoms with van der Waals surface area (Å²) in [7, 11) is 1.90. The van der Waals surface area contributed by atoms with E-state index in [2.05, 4.69) is 53.1 Å². The van der Waals surface area contributed by atoms with Crippen molar-refractivity contribution in [3.05, 3.63) is 41.3 Å². The lowest BCUT2D eigenvalue weighted by Crippen LogP contribution is -2.39. The van der Waals surface area contributed by atoms with Crippen molar-refractivity contribution in [2.75, 3.05) is 13.2 Å². The number of aromatic nitrogens is 6. The van der Waals surface area contributed by atoms with Gasteiger partial charge in [0, 0.05) is 31.6 Å². The third-order valence-electron chi connectivity index (χ3n) is 6.81. The van der Waals surface area contributed by atoms with Crippen molar-refractivity contribution < 1.29 is 14.6 Å². The number of aromatic amines is 1. The van der Waals surface area contributed by atoms with E-state index in [0.717, 1.165) is 44.9 Å². The number of benzene rings is 1. The molecule has 1 aromatic carbocycles. The summed E-state index contributed by atoms with van der Waals surface area (Å²) >= 11 is 0. The van der Waals surface area contributed by atoms with Gasteiger partial charge in [-0.2, -0.15) is 10.2 Å². The number of nitrogens with one attached hydrogen (secondary N) is 1. The van der Waals surface area contributed by atoms with Crippen LogP contribution in [0.25, 0.3) is 34.2 Å². The SMILES string of the molecule is CC(C)Oc1nn(CCO)c2c1/C=C/c1n[nH]c3ccc(cc13)-c1cnn(C)c1O[C@@H](C)CN(C(C)C)C2. The highest BCUT2D eigenvalue weighted by atomic mass is 16.5. The zero-order valence-electron chi connectivity index (χ0n) is 23.0. The van der Waals surface area contributed by atoms with Gasteiger partial charge in [0.05, 0.1) is 53.5 Å². The number of fused-ring (bicyclic) bond motifs is 4. The Hall–Kier alpha value is -3.63. The van der Waals surface area contributed by atoms with Gasteiger partial charge in [-0.1, -0.05) is 6.07 Å². The van der Waals surface area contributed by atoms with Gasteiger partial charge in [0.1, 0.15) is 6.10 Å². The highest BCUT2D eigenvalue weighted by Crippen LogP contribution is 2.34. The standard InChI is InChI=1S/C28H37N7O3/c1-17(2)34-15-19(5)38-28-23(14-29-33(28)6)20-7-9-24-22(13-20)25(31-30-24)10-8-21-26(16-34)35(11-12-36)32-27(21)37-18(3)4/h7-10,13-14,17-19,36H,11-12,15-16H2,1-6H3,(H,30,31)/b10-8+/t19-/m0/s1. The average Bonchev–Trinajstić information content (AvgIpc) is 3.52. The van der Waals surface area contributed by atoms with Crippen molar-refractivity contribution in [1.29, 1.82) is 0 Å². The third kappa shape index (κ3) is 5.06. The van der Waals surface area contributed by atoms with Crippen molar-refractivity contribution in [3.63, 3.8) is 0 Å². The molecule has 3 aromatic heterocycles. The Morgan fingerprint density at radius 1 is 1.21 bits per heavy atom. The maximum absolute atomic E-state index is 9.81. The Morgan fingerprint density at radius 2 is 2.03 bits per heavy atom. The van der Waals surface area contributed by atoms with Gasteiger partial charge in [-0.3, -0.25) is 14.7 Å². The molecule has 0 spiro atoms. The van der Waals surface area contributed by atoms with Crippen LogP contribution in [0.1, 0.15) is 51.6 Å². The second-order valence-corrected chi connectivity index (χ2v) is 10.4. The van der Waals surface area contributed by atoms with Crippen LogP contribution in [0.3, 0.4) is 0 Å². The number of rotatable bonds is 5. The molecule has 0 saturated heterocycles. The van der Waals surface area contributed by atoms with Crippen molar-refractivity contribution in [1.82, 2.24) is 34.7 Å². The normalized spacial score (nSPS) is 17.3. The fourth-order valence-corrected chi connectivity index (χ4v) is 4.87. The molecular weight excluding hydrogens is 482 g/mol. The Balaban J connectivity index is 1.71. The molecule has 10 nitrogen and oxygen atoms in total. The molecule has 5 rings (SSSR count). The highest BCUT2D eigenvalue weighted by Gasteiger charge is 2.25. The molecule has 2 N–H and O–H groups in total. The van der Waals surface area contributed by atoms with Crippen LogP contribution in [0, 0.1) is 0 Å². The van der Waals surface area contributed by atoms with Gasteiger partial charge in [-0.15, -0.1) is 5.10 Å². The second kappa shape index (κ2) is 10.6. The molecule has 1 aliphatic heterocycles. The van der Waals surface area contributed by atoms with Gasteiger partial charge >= 0.3 is 0 Å². The lowest BCUT2D eigenvalue weighted by molar-refractivity contribution is 0.109. The first kappa shape index (κ1) is 26.0. The predicted molar refractivity (Wildman–Crippen MR) is 148 cm³/mol. The third-order valence-corrected chi connectivity index (χ3v) is 6.81. The molecule has 202 valence electrons. The van der Waals surface area contributed by atoms with Gasteiger partial charge in [0.15, 0.2) is 0 Å². The van der Waals surface area contributed by atoms with E-state index in [0.29, 0.717) is 25.5 Å². The van der Waals surface area contributed by atoms with E-state index < -0.39 is 0 Å². The molecule has 0 unspecified atom stereocenters. The van der Waals surface area contributed by atoms with Crippen LogP contribution in [0.15, 0.2) is 24.4 Å². The number of aliphatic hydroxyl groups is 1. The van der Waals surface area contributed by atoms with Crippen LogP contribution < -0.4 is 9.47 Å². The van der Waals surface area contributed by atoms with E-state index in [1.54, 1.807) is 4.68 Å². The van der Waals surface area contributed by atoms with E-state index in [9.17, 15) is 5.11 Å². The number of aliphatic hydroxyl groups excluding tert-OH is 1. The van der Waals surface area contributed by atoms with Crippen molar-refractivity contribution in [2.45, 2.75) is 66.0 Å². The molecule has 2 bridgehead atoms. The molecule has 1 atom stereocenters. The molecule has 4 heterocycles. The van der Waals surface area contributed by atoms with E-state index in [1.165, 1.54) is 0 Å². The van der Waals surface area contributed by atoms with E-state index >= 15 is 0 Å². The van der Waals surface area contributed by atoms with Crippen LogP contribution in [0.2, 0.25) is 0 Å². The molecule has 0 fully saturated rings. The van der Waals surface area contributed by atoms with Crippen molar-refractivity contribution in [2.24, 2.45) is 7.05 Å². The van der Waals surface area contributed by atoms with E-state index in [4.69, 9.17) is 14.6 Å². The second-order valence-electron chi connectivity index (χ2n) is 10.4. The summed E-state index contributed by atoms with van der Waals surface area (Å²) in [5.41, 5.74) is 5.58. The van der Waals surface area contributed by atoms with Gasteiger partial charge in [0.25, 0.3) is 0 Å². The Labute approximate surface area is 222 Å². The van der Waals surface area contributed by atoms with Crippen LogP contribution in [-0.2, 0) is 20.1 Å². The van der Waals surface area contributed by atoms with Crippen LogP contribution in [0.5, 0.6) is 11.8 Å². The molecular formula is C28H37N7O3. The van der Waals surface area contributed by atoms with Gasteiger partial charge in [0.2, 0.25) is 11.8 Å². The Bertz CT molecular complexity index is 1450. The summed E-state index contributed by atoms with van der Waals surface area (Å²) in [5.74, 6) is 1.28. The van der Waals surface area contributed by atoms with Crippen LogP contribution >= 0.6 is 0 Å². The smallest absolute Gasteiger partial charge is 0.240 e. The fraction of sp³-hybridized carbons (Fsp3) is 0.464. The lowest BCUT2D eigenvalue weighted by atomic mass is 10.1. The maximum atomic E-state index is 9.81. The van der Waals surface area contributed by atoms with E-state index in [1.807, 2.05) is 50.0 Å². The summed E-state index contributed by atoms with van der Waals surface area (Å²) in [4.78, 5) is 2.36. The number of aryl methyl sites for hydroxylation is 1. The number of hydrogen-bond acceptors (Lipinski definition) is 7.